The summed E-state index contributed by atoms with van der Waals surface area (Å²) in [5.74, 6) is 0.483. The minimum atomic E-state index is -3.57. The highest BCUT2D eigenvalue weighted by Gasteiger charge is 2.21. The highest BCUT2D eigenvalue weighted by molar-refractivity contribution is 7.89. The van der Waals surface area contributed by atoms with Crippen LogP contribution in [0.25, 0.3) is 0 Å². The first-order valence-corrected chi connectivity index (χ1v) is 7.79. The fourth-order valence-corrected chi connectivity index (χ4v) is 3.49. The van der Waals surface area contributed by atoms with Crippen molar-refractivity contribution in [3.63, 3.8) is 0 Å². The second-order valence-corrected chi connectivity index (χ2v) is 6.42. The molecular formula is C12H15N5O2S. The predicted octanol–water partition coefficient (Wildman–Crippen LogP) is 0.812. The van der Waals surface area contributed by atoms with E-state index in [1.807, 2.05) is 0 Å². The molecule has 0 amide bonds. The smallest absolute Gasteiger partial charge is 0.241 e. The van der Waals surface area contributed by atoms with Crippen LogP contribution in [0.1, 0.15) is 24.4 Å². The molecule has 0 saturated carbocycles. The van der Waals surface area contributed by atoms with Crippen molar-refractivity contribution in [1.29, 1.82) is 0 Å². The normalized spacial score (nSPS) is 15.7. The average Bonchev–Trinajstić information content (AvgIpc) is 3.08. The lowest BCUT2D eigenvalue weighted by molar-refractivity contribution is 0.560. The summed E-state index contributed by atoms with van der Waals surface area (Å²) < 4.78 is 27.3. The van der Waals surface area contributed by atoms with Crippen LogP contribution in [0.3, 0.4) is 0 Å². The van der Waals surface area contributed by atoms with Gasteiger partial charge in [-0.2, -0.15) is 5.10 Å². The number of hydrogen-bond donors (Lipinski definition) is 3. The van der Waals surface area contributed by atoms with E-state index in [4.69, 9.17) is 0 Å². The molecule has 1 aromatic carbocycles. The Bertz CT molecular complexity index is 711. The molecule has 0 bridgehead atoms. The van der Waals surface area contributed by atoms with Gasteiger partial charge in [-0.25, -0.2) is 18.1 Å². The third-order valence-electron chi connectivity index (χ3n) is 3.27. The lowest BCUT2D eigenvalue weighted by Gasteiger charge is -2.12. The number of nitrogens with zero attached hydrogens (tertiary/aromatic N) is 2. The minimum Gasteiger partial charge on any atom is -0.384 e. The fraction of sp³-hybridized carbons (Fsp3) is 0.333. The first-order valence-electron chi connectivity index (χ1n) is 6.31. The number of fused-ring (bicyclic) bond motifs is 1. The van der Waals surface area contributed by atoms with E-state index >= 15 is 0 Å². The number of hydrogen-bond acceptors (Lipinski definition) is 5. The quantitative estimate of drug-likeness (QED) is 0.774. The number of sulfonamides is 1. The van der Waals surface area contributed by atoms with Crippen LogP contribution < -0.4 is 10.0 Å². The zero-order valence-electron chi connectivity index (χ0n) is 10.9. The van der Waals surface area contributed by atoms with Crippen molar-refractivity contribution in [2.24, 2.45) is 0 Å². The average molecular weight is 293 g/mol. The molecule has 1 unspecified atom stereocenters. The number of benzene rings is 1. The van der Waals surface area contributed by atoms with Gasteiger partial charge < -0.3 is 5.32 Å². The lowest BCUT2D eigenvalue weighted by atomic mass is 10.2. The maximum atomic E-state index is 12.3. The van der Waals surface area contributed by atoms with E-state index in [0.29, 0.717) is 5.82 Å². The molecule has 0 saturated heterocycles. The third-order valence-corrected chi connectivity index (χ3v) is 4.81. The zero-order chi connectivity index (χ0) is 14.2. The predicted molar refractivity (Wildman–Crippen MR) is 73.8 cm³/mol. The van der Waals surface area contributed by atoms with Crippen LogP contribution in [-0.4, -0.2) is 30.1 Å². The number of H-pyrrole nitrogens is 1. The minimum absolute atomic E-state index is 0.270. The Morgan fingerprint density at radius 1 is 1.40 bits per heavy atom. The molecule has 0 spiro atoms. The SMILES string of the molecule is CC(NS(=O)(=O)c1ccc2c(c1)CCN2)c1ncn[nH]1. The van der Waals surface area contributed by atoms with Gasteiger partial charge in [0.05, 0.1) is 10.9 Å². The van der Waals surface area contributed by atoms with Gasteiger partial charge in [0.15, 0.2) is 0 Å². The van der Waals surface area contributed by atoms with E-state index in [1.54, 1.807) is 25.1 Å². The van der Waals surface area contributed by atoms with Gasteiger partial charge in [-0.1, -0.05) is 0 Å². The number of aromatic nitrogens is 3. The van der Waals surface area contributed by atoms with Crippen molar-refractivity contribution >= 4 is 15.7 Å². The number of rotatable bonds is 4. The topological polar surface area (TPSA) is 99.8 Å². The van der Waals surface area contributed by atoms with Gasteiger partial charge in [0, 0.05) is 12.2 Å². The molecule has 2 heterocycles. The summed E-state index contributed by atoms with van der Waals surface area (Å²) in [6.45, 7) is 2.56. The Hall–Kier alpha value is -1.93. The van der Waals surface area contributed by atoms with Crippen LogP contribution in [0.2, 0.25) is 0 Å². The summed E-state index contributed by atoms with van der Waals surface area (Å²) in [6.07, 6.45) is 2.19. The van der Waals surface area contributed by atoms with E-state index in [-0.39, 0.29) is 4.90 Å². The van der Waals surface area contributed by atoms with E-state index in [2.05, 4.69) is 25.2 Å². The molecule has 1 aliphatic rings. The van der Waals surface area contributed by atoms with Crippen LogP contribution in [-0.2, 0) is 16.4 Å². The molecule has 0 aliphatic carbocycles. The summed E-state index contributed by atoms with van der Waals surface area (Å²) in [6, 6.07) is 4.65. The molecule has 7 nitrogen and oxygen atoms in total. The van der Waals surface area contributed by atoms with E-state index in [1.165, 1.54) is 6.33 Å². The van der Waals surface area contributed by atoms with Gasteiger partial charge >= 0.3 is 0 Å². The molecule has 0 radical (unpaired) electrons. The van der Waals surface area contributed by atoms with E-state index < -0.39 is 16.1 Å². The maximum Gasteiger partial charge on any atom is 0.241 e. The molecule has 1 atom stereocenters. The van der Waals surface area contributed by atoms with Crippen LogP contribution in [0.4, 0.5) is 5.69 Å². The molecule has 3 N–H and O–H groups in total. The number of nitrogens with one attached hydrogen (secondary N) is 3. The summed E-state index contributed by atoms with van der Waals surface area (Å²) in [5.41, 5.74) is 2.03. The number of anilines is 1. The Kier molecular flexibility index (Phi) is 3.19. The van der Waals surface area contributed by atoms with Crippen LogP contribution in [0.5, 0.6) is 0 Å². The Morgan fingerprint density at radius 2 is 2.25 bits per heavy atom. The fourth-order valence-electron chi connectivity index (χ4n) is 2.23. The van der Waals surface area contributed by atoms with E-state index in [9.17, 15) is 8.42 Å². The molecule has 1 aliphatic heterocycles. The van der Waals surface area contributed by atoms with Gasteiger partial charge in [-0.05, 0) is 37.1 Å². The van der Waals surface area contributed by atoms with Gasteiger partial charge in [0.25, 0.3) is 0 Å². The molecule has 2 aromatic rings. The molecule has 0 fully saturated rings. The van der Waals surface area contributed by atoms with Crippen molar-refractivity contribution in [3.05, 3.63) is 35.9 Å². The van der Waals surface area contributed by atoms with Gasteiger partial charge in [0.1, 0.15) is 12.2 Å². The molecule has 20 heavy (non-hydrogen) atoms. The maximum absolute atomic E-state index is 12.3. The highest BCUT2D eigenvalue weighted by Crippen LogP contribution is 2.25. The summed E-state index contributed by atoms with van der Waals surface area (Å²) in [7, 11) is -3.57. The Morgan fingerprint density at radius 3 is 3.00 bits per heavy atom. The van der Waals surface area contributed by atoms with E-state index in [0.717, 1.165) is 24.2 Å². The molecular weight excluding hydrogens is 278 g/mol. The molecule has 106 valence electrons. The van der Waals surface area contributed by atoms with Crippen molar-refractivity contribution < 1.29 is 8.42 Å². The van der Waals surface area contributed by atoms with Crippen molar-refractivity contribution in [2.45, 2.75) is 24.3 Å². The number of aromatic amines is 1. The second-order valence-electron chi connectivity index (χ2n) is 4.71. The Labute approximate surface area is 116 Å². The summed E-state index contributed by atoms with van der Waals surface area (Å²) in [4.78, 5) is 4.22. The summed E-state index contributed by atoms with van der Waals surface area (Å²) in [5, 5.41) is 9.57. The van der Waals surface area contributed by atoms with Crippen molar-refractivity contribution in [2.75, 3.05) is 11.9 Å². The lowest BCUT2D eigenvalue weighted by Crippen LogP contribution is -2.27. The van der Waals surface area contributed by atoms with Gasteiger partial charge in [-0.15, -0.1) is 0 Å². The molecule has 3 rings (SSSR count). The second kappa shape index (κ2) is 4.88. The van der Waals surface area contributed by atoms with Gasteiger partial charge in [0.2, 0.25) is 10.0 Å². The standard InChI is InChI=1S/C12H15N5O2S/c1-8(12-14-7-15-16-12)17-20(18,19)10-2-3-11-9(6-10)4-5-13-11/h2-3,6-8,13,17H,4-5H2,1H3,(H,14,15,16). The summed E-state index contributed by atoms with van der Waals surface area (Å²) >= 11 is 0. The molecule has 1 aromatic heterocycles. The first-order chi connectivity index (χ1) is 9.56. The van der Waals surface area contributed by atoms with Crippen LogP contribution >= 0.6 is 0 Å². The van der Waals surface area contributed by atoms with Crippen LogP contribution in [0, 0.1) is 0 Å². The first kappa shape index (κ1) is 13.1. The van der Waals surface area contributed by atoms with Crippen molar-refractivity contribution in [1.82, 2.24) is 19.9 Å². The molecule has 8 heteroatoms. The van der Waals surface area contributed by atoms with Gasteiger partial charge in [-0.3, -0.25) is 5.10 Å². The third kappa shape index (κ3) is 2.39. The van der Waals surface area contributed by atoms with Crippen LogP contribution in [0.15, 0.2) is 29.4 Å². The Balaban J connectivity index is 1.85. The zero-order valence-corrected chi connectivity index (χ0v) is 11.7. The largest absolute Gasteiger partial charge is 0.384 e. The van der Waals surface area contributed by atoms with Crippen molar-refractivity contribution in [3.8, 4) is 0 Å². The monoisotopic (exact) mass is 293 g/mol. The highest BCUT2D eigenvalue weighted by atomic mass is 32.2.